The first-order valence-corrected chi connectivity index (χ1v) is 7.70. The maximum Gasteiger partial charge on any atom is 0.293 e. The molecule has 0 fully saturated rings. The fourth-order valence-corrected chi connectivity index (χ4v) is 2.82. The van der Waals surface area contributed by atoms with Crippen molar-refractivity contribution in [2.24, 2.45) is 0 Å². The van der Waals surface area contributed by atoms with Crippen molar-refractivity contribution in [2.75, 3.05) is 5.32 Å². The van der Waals surface area contributed by atoms with Crippen LogP contribution in [0.4, 0.5) is 17.1 Å². The van der Waals surface area contributed by atoms with Crippen molar-refractivity contribution in [3.63, 3.8) is 0 Å². The zero-order chi connectivity index (χ0) is 16.2. The number of aromatic nitrogens is 1. The van der Waals surface area contributed by atoms with E-state index in [1.807, 2.05) is 29.6 Å². The summed E-state index contributed by atoms with van der Waals surface area (Å²) in [5, 5.41) is 26.2. The lowest BCUT2D eigenvalue weighted by atomic mass is 10.1. The highest BCUT2D eigenvalue weighted by molar-refractivity contribution is 7.13. The summed E-state index contributed by atoms with van der Waals surface area (Å²) in [4.78, 5) is 15.0. The number of nitrogens with one attached hydrogen (secondary N) is 1. The Bertz CT molecular complexity index is 834. The molecule has 1 aromatic heterocycles. The molecule has 0 aliphatic carbocycles. The van der Waals surface area contributed by atoms with Crippen LogP contribution >= 0.6 is 11.3 Å². The highest BCUT2D eigenvalue weighted by Crippen LogP contribution is 2.31. The normalized spacial score (nSPS) is 10.5. The van der Waals surface area contributed by atoms with Gasteiger partial charge in [0.05, 0.1) is 11.5 Å². The number of benzene rings is 2. The molecule has 0 saturated heterocycles. The minimum Gasteiger partial charge on any atom is -0.392 e. The molecule has 2 N–H and O–H groups in total. The van der Waals surface area contributed by atoms with Crippen LogP contribution in [0.3, 0.4) is 0 Å². The first kappa shape index (κ1) is 15.1. The second-order valence-electron chi connectivity index (χ2n) is 4.81. The molecule has 3 aromatic rings. The Hall–Kier alpha value is -2.77. The van der Waals surface area contributed by atoms with Gasteiger partial charge in [0.2, 0.25) is 0 Å². The molecule has 7 heteroatoms. The van der Waals surface area contributed by atoms with Gasteiger partial charge in [-0.15, -0.1) is 11.3 Å². The summed E-state index contributed by atoms with van der Waals surface area (Å²) in [7, 11) is 0. The summed E-state index contributed by atoms with van der Waals surface area (Å²) in [6, 6.07) is 12.1. The van der Waals surface area contributed by atoms with Gasteiger partial charge < -0.3 is 10.4 Å². The molecule has 116 valence electrons. The molecule has 2 aromatic carbocycles. The van der Waals surface area contributed by atoms with Gasteiger partial charge in [-0.25, -0.2) is 4.98 Å². The predicted molar refractivity (Wildman–Crippen MR) is 89.9 cm³/mol. The average Bonchev–Trinajstić information content (AvgIpc) is 3.10. The molecule has 0 bridgehead atoms. The van der Waals surface area contributed by atoms with E-state index in [1.54, 1.807) is 18.3 Å². The van der Waals surface area contributed by atoms with Crippen molar-refractivity contribution in [3.8, 4) is 10.6 Å². The van der Waals surface area contributed by atoms with Crippen LogP contribution < -0.4 is 5.32 Å². The third-order valence-corrected chi connectivity index (χ3v) is 4.08. The van der Waals surface area contributed by atoms with Crippen LogP contribution in [0, 0.1) is 10.1 Å². The second-order valence-corrected chi connectivity index (χ2v) is 5.70. The molecule has 1 heterocycles. The maximum absolute atomic E-state index is 11.2. The lowest BCUT2D eigenvalue weighted by Crippen LogP contribution is -1.98. The van der Waals surface area contributed by atoms with E-state index in [0.29, 0.717) is 11.3 Å². The minimum absolute atomic E-state index is 0.0730. The summed E-state index contributed by atoms with van der Waals surface area (Å²) in [6.07, 6.45) is 1.73. The standard InChI is InChI=1S/C16H13N3O3S/c20-10-11-4-5-14(15(8-11)19(21)22)18-13-3-1-2-12(9-13)16-17-6-7-23-16/h1-9,18,20H,10H2. The maximum atomic E-state index is 11.2. The molecule has 23 heavy (non-hydrogen) atoms. The summed E-state index contributed by atoms with van der Waals surface area (Å²) < 4.78 is 0. The van der Waals surface area contributed by atoms with Gasteiger partial charge in [-0.05, 0) is 23.8 Å². The van der Waals surface area contributed by atoms with E-state index in [0.717, 1.165) is 16.3 Å². The summed E-state index contributed by atoms with van der Waals surface area (Å²) in [5.74, 6) is 0. The first-order chi connectivity index (χ1) is 11.2. The molecule has 6 nitrogen and oxygen atoms in total. The van der Waals surface area contributed by atoms with Crippen LogP contribution in [0.15, 0.2) is 54.0 Å². The number of nitrogens with zero attached hydrogens (tertiary/aromatic N) is 2. The Morgan fingerprint density at radius 1 is 1.26 bits per heavy atom. The van der Waals surface area contributed by atoms with E-state index in [2.05, 4.69) is 10.3 Å². The van der Waals surface area contributed by atoms with Crippen molar-refractivity contribution >= 4 is 28.4 Å². The Balaban J connectivity index is 1.93. The van der Waals surface area contributed by atoms with Crippen molar-refractivity contribution in [1.29, 1.82) is 0 Å². The average molecular weight is 327 g/mol. The molecule has 0 aliphatic heterocycles. The van der Waals surface area contributed by atoms with Gasteiger partial charge in [0.25, 0.3) is 5.69 Å². The lowest BCUT2D eigenvalue weighted by Gasteiger charge is -2.09. The van der Waals surface area contributed by atoms with Crippen LogP contribution in [-0.2, 0) is 6.61 Å². The number of rotatable bonds is 5. The molecule has 0 saturated carbocycles. The Morgan fingerprint density at radius 2 is 2.13 bits per heavy atom. The van der Waals surface area contributed by atoms with Gasteiger partial charge in [-0.3, -0.25) is 10.1 Å². The molecule has 3 rings (SSSR count). The molecule has 0 amide bonds. The molecule has 0 spiro atoms. The minimum atomic E-state index is -0.466. The number of aliphatic hydroxyl groups excluding tert-OH is 1. The van der Waals surface area contributed by atoms with Gasteiger partial charge in [0, 0.05) is 28.9 Å². The second kappa shape index (κ2) is 6.55. The zero-order valence-electron chi connectivity index (χ0n) is 12.0. The quantitative estimate of drug-likeness (QED) is 0.547. The first-order valence-electron chi connectivity index (χ1n) is 6.82. The molecule has 0 aliphatic rings. The van der Waals surface area contributed by atoms with E-state index in [9.17, 15) is 10.1 Å². The van der Waals surface area contributed by atoms with E-state index in [-0.39, 0.29) is 12.3 Å². The molecule has 0 radical (unpaired) electrons. The smallest absolute Gasteiger partial charge is 0.293 e. The fourth-order valence-electron chi connectivity index (χ4n) is 2.18. The number of anilines is 2. The summed E-state index contributed by atoms with van der Waals surface area (Å²) in [5.41, 5.74) is 2.48. The van der Waals surface area contributed by atoms with Gasteiger partial charge >= 0.3 is 0 Å². The third-order valence-electron chi connectivity index (χ3n) is 3.26. The van der Waals surface area contributed by atoms with E-state index < -0.39 is 4.92 Å². The highest BCUT2D eigenvalue weighted by atomic mass is 32.1. The van der Waals surface area contributed by atoms with Gasteiger partial charge in [0.15, 0.2) is 0 Å². The zero-order valence-corrected chi connectivity index (χ0v) is 12.8. The van der Waals surface area contributed by atoms with Crippen molar-refractivity contribution in [3.05, 3.63) is 69.7 Å². The van der Waals surface area contributed by atoms with Crippen molar-refractivity contribution in [1.82, 2.24) is 4.98 Å². The predicted octanol–water partition coefficient (Wildman–Crippen LogP) is 3.95. The van der Waals surface area contributed by atoms with Crippen molar-refractivity contribution < 1.29 is 10.0 Å². The lowest BCUT2D eigenvalue weighted by molar-refractivity contribution is -0.384. The number of nitro groups is 1. The topological polar surface area (TPSA) is 88.3 Å². The SMILES string of the molecule is O=[N+]([O-])c1cc(CO)ccc1Nc1cccc(-c2nccs2)c1. The van der Waals surface area contributed by atoms with E-state index in [4.69, 9.17) is 5.11 Å². The van der Waals surface area contributed by atoms with Crippen molar-refractivity contribution in [2.45, 2.75) is 6.61 Å². The summed E-state index contributed by atoms with van der Waals surface area (Å²) >= 11 is 1.53. The number of thiazole rings is 1. The molecule has 0 unspecified atom stereocenters. The van der Waals surface area contributed by atoms with Gasteiger partial charge in [0.1, 0.15) is 10.7 Å². The monoisotopic (exact) mass is 327 g/mol. The number of hydrogen-bond acceptors (Lipinski definition) is 6. The Morgan fingerprint density at radius 3 is 2.83 bits per heavy atom. The summed E-state index contributed by atoms with van der Waals surface area (Å²) in [6.45, 7) is -0.235. The van der Waals surface area contributed by atoms with Crippen LogP contribution in [-0.4, -0.2) is 15.0 Å². The van der Waals surface area contributed by atoms with E-state index >= 15 is 0 Å². The largest absolute Gasteiger partial charge is 0.392 e. The van der Waals surface area contributed by atoms with Crippen LogP contribution in [0.2, 0.25) is 0 Å². The van der Waals surface area contributed by atoms with Gasteiger partial charge in [-0.2, -0.15) is 0 Å². The molecule has 0 atom stereocenters. The Kier molecular flexibility index (Phi) is 4.31. The van der Waals surface area contributed by atoms with Crippen LogP contribution in [0.1, 0.15) is 5.56 Å². The molecular formula is C16H13N3O3S. The number of nitro benzene ring substituents is 1. The fraction of sp³-hybridized carbons (Fsp3) is 0.0625. The number of aliphatic hydroxyl groups is 1. The third kappa shape index (κ3) is 3.36. The highest BCUT2D eigenvalue weighted by Gasteiger charge is 2.15. The van der Waals surface area contributed by atoms with Crippen LogP contribution in [0.5, 0.6) is 0 Å². The Labute approximate surface area is 136 Å². The van der Waals surface area contributed by atoms with Crippen LogP contribution in [0.25, 0.3) is 10.6 Å². The van der Waals surface area contributed by atoms with E-state index in [1.165, 1.54) is 17.4 Å². The number of hydrogen-bond donors (Lipinski definition) is 2. The van der Waals surface area contributed by atoms with Gasteiger partial charge in [-0.1, -0.05) is 18.2 Å². The molecular weight excluding hydrogens is 314 g/mol.